The molecule has 31 heavy (non-hydrogen) atoms. The molecule has 0 radical (unpaired) electrons. The Bertz CT molecular complexity index is 1150. The number of morpholine rings is 1. The van der Waals surface area contributed by atoms with Crippen LogP contribution in [0.1, 0.15) is 44.7 Å². The highest BCUT2D eigenvalue weighted by Gasteiger charge is 2.28. The normalized spacial score (nSPS) is 20.4. The summed E-state index contributed by atoms with van der Waals surface area (Å²) in [5.74, 6) is 2.70. The summed E-state index contributed by atoms with van der Waals surface area (Å²) in [5.41, 5.74) is 3.74. The standard InChI is InChI=1S/C24H31N5O2/c1-15-9-19(13-27(4)24(15)30)23-26-20-12-25-22(28-7-8-31-14-17(28)3)11-21(20)29(23)16(2)10-18-5-6-18/h9,11-13,16-18H,5-8,10,14H2,1-4H3. The van der Waals surface area contributed by atoms with Crippen LogP contribution in [0.4, 0.5) is 5.82 Å². The summed E-state index contributed by atoms with van der Waals surface area (Å²) in [4.78, 5) is 24.3. The summed E-state index contributed by atoms with van der Waals surface area (Å²) in [7, 11) is 1.80. The number of anilines is 1. The molecule has 0 N–H and O–H groups in total. The molecule has 164 valence electrons. The van der Waals surface area contributed by atoms with E-state index in [0.717, 1.165) is 65.9 Å². The number of aromatic nitrogens is 4. The fraction of sp³-hybridized carbons (Fsp3) is 0.542. The SMILES string of the molecule is Cc1cc(-c2nc3cnc(N4CCOCC4C)cc3n2C(C)CC2CC2)cn(C)c1=O. The van der Waals surface area contributed by atoms with Crippen molar-refractivity contribution in [1.29, 1.82) is 0 Å². The van der Waals surface area contributed by atoms with Crippen molar-refractivity contribution in [1.82, 2.24) is 19.1 Å². The van der Waals surface area contributed by atoms with Gasteiger partial charge in [-0.15, -0.1) is 0 Å². The van der Waals surface area contributed by atoms with Crippen molar-refractivity contribution in [3.05, 3.63) is 40.4 Å². The van der Waals surface area contributed by atoms with Crippen molar-refractivity contribution in [3.63, 3.8) is 0 Å². The summed E-state index contributed by atoms with van der Waals surface area (Å²) in [6.45, 7) is 8.62. The molecule has 2 unspecified atom stereocenters. The maximum absolute atomic E-state index is 12.3. The molecule has 1 saturated heterocycles. The van der Waals surface area contributed by atoms with E-state index in [1.54, 1.807) is 11.6 Å². The first-order valence-electron chi connectivity index (χ1n) is 11.3. The van der Waals surface area contributed by atoms with Crippen molar-refractivity contribution in [2.24, 2.45) is 13.0 Å². The van der Waals surface area contributed by atoms with E-state index >= 15 is 0 Å². The average molecular weight is 422 g/mol. The topological polar surface area (TPSA) is 65.2 Å². The van der Waals surface area contributed by atoms with E-state index in [2.05, 4.69) is 29.4 Å². The van der Waals surface area contributed by atoms with E-state index in [0.29, 0.717) is 12.1 Å². The van der Waals surface area contributed by atoms with E-state index in [1.165, 1.54) is 12.8 Å². The van der Waals surface area contributed by atoms with Crippen LogP contribution >= 0.6 is 0 Å². The number of imidazole rings is 1. The molecule has 1 aliphatic carbocycles. The van der Waals surface area contributed by atoms with Gasteiger partial charge in [0.15, 0.2) is 0 Å². The molecule has 7 nitrogen and oxygen atoms in total. The first-order valence-corrected chi connectivity index (χ1v) is 11.3. The van der Waals surface area contributed by atoms with Crippen LogP contribution in [0.3, 0.4) is 0 Å². The zero-order valence-electron chi connectivity index (χ0n) is 18.8. The van der Waals surface area contributed by atoms with E-state index in [1.807, 2.05) is 25.4 Å². The van der Waals surface area contributed by atoms with Gasteiger partial charge in [0.05, 0.1) is 31.0 Å². The quantitative estimate of drug-likeness (QED) is 0.629. The van der Waals surface area contributed by atoms with Crippen molar-refractivity contribution >= 4 is 16.9 Å². The molecule has 1 aliphatic heterocycles. The fourth-order valence-electron chi connectivity index (χ4n) is 4.80. The van der Waals surface area contributed by atoms with E-state index in [-0.39, 0.29) is 5.56 Å². The molecule has 0 spiro atoms. The largest absolute Gasteiger partial charge is 0.377 e. The van der Waals surface area contributed by atoms with E-state index in [9.17, 15) is 4.79 Å². The molecule has 3 aromatic heterocycles. The Morgan fingerprint density at radius 2 is 2.10 bits per heavy atom. The fourth-order valence-corrected chi connectivity index (χ4v) is 4.80. The molecule has 2 fully saturated rings. The van der Waals surface area contributed by atoms with Crippen LogP contribution in [-0.4, -0.2) is 44.9 Å². The number of aryl methyl sites for hydroxylation is 2. The molecule has 0 aromatic carbocycles. The molecule has 1 saturated carbocycles. The van der Waals surface area contributed by atoms with Gasteiger partial charge in [-0.3, -0.25) is 4.79 Å². The molecule has 2 aliphatic rings. The Morgan fingerprint density at radius 1 is 1.29 bits per heavy atom. The number of rotatable bonds is 5. The minimum absolute atomic E-state index is 0.0303. The molecule has 0 amide bonds. The van der Waals surface area contributed by atoms with Crippen molar-refractivity contribution in [2.75, 3.05) is 24.7 Å². The smallest absolute Gasteiger partial charge is 0.253 e. The molecular formula is C24H31N5O2. The number of pyridine rings is 2. The average Bonchev–Trinajstić information content (AvgIpc) is 3.48. The molecular weight excluding hydrogens is 390 g/mol. The lowest BCUT2D eigenvalue weighted by molar-refractivity contribution is 0.0985. The third-order valence-electron chi connectivity index (χ3n) is 6.66. The summed E-state index contributed by atoms with van der Waals surface area (Å²) < 4.78 is 9.63. The predicted octanol–water partition coefficient (Wildman–Crippen LogP) is 3.69. The molecule has 0 bridgehead atoms. The van der Waals surface area contributed by atoms with Gasteiger partial charge < -0.3 is 18.8 Å². The van der Waals surface area contributed by atoms with Gasteiger partial charge in [-0.2, -0.15) is 0 Å². The Morgan fingerprint density at radius 3 is 2.81 bits per heavy atom. The van der Waals surface area contributed by atoms with Gasteiger partial charge in [0.2, 0.25) is 0 Å². The molecule has 2 atom stereocenters. The third kappa shape index (κ3) is 3.76. The van der Waals surface area contributed by atoms with Crippen LogP contribution in [0.5, 0.6) is 0 Å². The molecule has 3 aromatic rings. The second-order valence-corrected chi connectivity index (χ2v) is 9.31. The van der Waals surface area contributed by atoms with Crippen LogP contribution in [-0.2, 0) is 11.8 Å². The monoisotopic (exact) mass is 421 g/mol. The number of hydrogen-bond acceptors (Lipinski definition) is 5. The van der Waals surface area contributed by atoms with Crippen LogP contribution in [0.25, 0.3) is 22.4 Å². The van der Waals surface area contributed by atoms with Gasteiger partial charge in [0.25, 0.3) is 5.56 Å². The molecule has 4 heterocycles. The highest BCUT2D eigenvalue weighted by atomic mass is 16.5. The van der Waals surface area contributed by atoms with Crippen molar-refractivity contribution < 1.29 is 4.74 Å². The van der Waals surface area contributed by atoms with Crippen LogP contribution in [0.2, 0.25) is 0 Å². The minimum Gasteiger partial charge on any atom is -0.377 e. The molecule has 5 rings (SSSR count). The van der Waals surface area contributed by atoms with Gasteiger partial charge in [0, 0.05) is 43.0 Å². The minimum atomic E-state index is 0.0303. The second-order valence-electron chi connectivity index (χ2n) is 9.31. The highest BCUT2D eigenvalue weighted by molar-refractivity contribution is 5.82. The second kappa shape index (κ2) is 7.79. The summed E-state index contributed by atoms with van der Waals surface area (Å²) in [5, 5.41) is 0. The number of nitrogens with zero attached hydrogens (tertiary/aromatic N) is 5. The maximum Gasteiger partial charge on any atom is 0.253 e. The van der Waals surface area contributed by atoms with Gasteiger partial charge in [-0.05, 0) is 39.2 Å². The van der Waals surface area contributed by atoms with Gasteiger partial charge >= 0.3 is 0 Å². The highest BCUT2D eigenvalue weighted by Crippen LogP contribution is 2.39. The Hall–Kier alpha value is -2.67. The first-order chi connectivity index (χ1) is 14.9. The Kier molecular flexibility index (Phi) is 5.08. The number of ether oxygens (including phenoxy) is 1. The van der Waals surface area contributed by atoms with E-state index < -0.39 is 0 Å². The van der Waals surface area contributed by atoms with Crippen molar-refractivity contribution in [2.45, 2.75) is 52.1 Å². The lowest BCUT2D eigenvalue weighted by Crippen LogP contribution is -2.44. The zero-order valence-corrected chi connectivity index (χ0v) is 18.8. The maximum atomic E-state index is 12.3. The van der Waals surface area contributed by atoms with Gasteiger partial charge in [-0.1, -0.05) is 12.8 Å². The predicted molar refractivity (Wildman–Crippen MR) is 123 cm³/mol. The number of hydrogen-bond donors (Lipinski definition) is 0. The first kappa shape index (κ1) is 20.2. The van der Waals surface area contributed by atoms with Gasteiger partial charge in [-0.25, -0.2) is 9.97 Å². The lowest BCUT2D eigenvalue weighted by Gasteiger charge is -2.34. The summed E-state index contributed by atoms with van der Waals surface area (Å²) in [6.07, 6.45) is 7.59. The number of fused-ring (bicyclic) bond motifs is 1. The third-order valence-corrected chi connectivity index (χ3v) is 6.66. The summed E-state index contributed by atoms with van der Waals surface area (Å²) >= 11 is 0. The van der Waals surface area contributed by atoms with Crippen molar-refractivity contribution in [3.8, 4) is 11.4 Å². The molecule has 7 heteroatoms. The van der Waals surface area contributed by atoms with Crippen LogP contribution in [0.15, 0.2) is 29.3 Å². The van der Waals surface area contributed by atoms with E-state index in [4.69, 9.17) is 14.7 Å². The van der Waals surface area contributed by atoms with Crippen LogP contribution < -0.4 is 10.5 Å². The zero-order chi connectivity index (χ0) is 21.7. The van der Waals surface area contributed by atoms with Gasteiger partial charge in [0.1, 0.15) is 17.2 Å². The van der Waals surface area contributed by atoms with Crippen LogP contribution in [0, 0.1) is 12.8 Å². The lowest BCUT2D eigenvalue weighted by atomic mass is 10.1. The summed E-state index contributed by atoms with van der Waals surface area (Å²) in [6, 6.07) is 4.76. The Balaban J connectivity index is 1.66. The Labute approximate surface area is 182 Å².